The lowest BCUT2D eigenvalue weighted by Gasteiger charge is -2.31. The van der Waals surface area contributed by atoms with E-state index in [0.717, 1.165) is 49.0 Å². The molecule has 2 aliphatic heterocycles. The monoisotopic (exact) mass is 373 g/mol. The molecule has 2 aliphatic rings. The van der Waals surface area contributed by atoms with Crippen LogP contribution < -0.4 is 0 Å². The Kier molecular flexibility index (Phi) is 5.36. The van der Waals surface area contributed by atoms with Crippen LogP contribution in [0.3, 0.4) is 0 Å². The summed E-state index contributed by atoms with van der Waals surface area (Å²) in [5, 5.41) is 11.0. The molecular weight excluding hydrogens is 346 g/mol. The molecule has 2 aromatic heterocycles. The molecule has 2 fully saturated rings. The van der Waals surface area contributed by atoms with E-state index in [1.54, 1.807) is 11.3 Å². The summed E-state index contributed by atoms with van der Waals surface area (Å²) in [4.78, 5) is 18.1. The van der Waals surface area contributed by atoms with Crippen molar-refractivity contribution in [3.05, 3.63) is 34.0 Å². The molecule has 1 amide bonds. The maximum absolute atomic E-state index is 12.5. The van der Waals surface area contributed by atoms with Crippen molar-refractivity contribution in [3.63, 3.8) is 0 Å². The maximum atomic E-state index is 12.5. The molecule has 0 aliphatic carbocycles. The predicted molar refractivity (Wildman–Crippen MR) is 102 cm³/mol. The van der Waals surface area contributed by atoms with E-state index in [9.17, 15) is 4.79 Å². The van der Waals surface area contributed by atoms with Crippen molar-refractivity contribution in [1.29, 1.82) is 0 Å². The average Bonchev–Trinajstić information content (AvgIpc) is 3.40. The Balaban J connectivity index is 1.33. The van der Waals surface area contributed by atoms with Gasteiger partial charge in [0.2, 0.25) is 5.91 Å². The number of piperidine rings is 1. The van der Waals surface area contributed by atoms with E-state index in [-0.39, 0.29) is 5.91 Å². The van der Waals surface area contributed by atoms with Crippen molar-refractivity contribution in [2.24, 2.45) is 7.05 Å². The van der Waals surface area contributed by atoms with Gasteiger partial charge in [0.25, 0.3) is 0 Å². The number of hydrogen-bond acceptors (Lipinski definition) is 5. The van der Waals surface area contributed by atoms with Crippen LogP contribution in [0.25, 0.3) is 0 Å². The molecule has 6 nitrogen and oxygen atoms in total. The molecule has 0 N–H and O–H groups in total. The molecule has 4 rings (SSSR count). The Morgan fingerprint density at radius 1 is 1.19 bits per heavy atom. The molecule has 0 radical (unpaired) electrons. The van der Waals surface area contributed by atoms with Crippen LogP contribution in [0.5, 0.6) is 0 Å². The normalized spacial score (nSPS) is 19.3. The summed E-state index contributed by atoms with van der Waals surface area (Å²) in [7, 11) is 2.09. The average molecular weight is 374 g/mol. The summed E-state index contributed by atoms with van der Waals surface area (Å²) in [6.45, 7) is 4.90. The highest BCUT2D eigenvalue weighted by Gasteiger charge is 2.28. The van der Waals surface area contributed by atoms with Crippen LogP contribution in [0.2, 0.25) is 0 Å². The second-order valence-corrected chi connectivity index (χ2v) is 8.46. The van der Waals surface area contributed by atoms with Gasteiger partial charge in [-0.25, -0.2) is 0 Å². The molecule has 2 saturated heterocycles. The summed E-state index contributed by atoms with van der Waals surface area (Å²) in [5.74, 6) is 2.81. The van der Waals surface area contributed by atoms with Gasteiger partial charge in [-0.1, -0.05) is 6.07 Å². The minimum atomic E-state index is 0.249. The molecule has 4 heterocycles. The van der Waals surface area contributed by atoms with Gasteiger partial charge in [-0.05, 0) is 50.2 Å². The summed E-state index contributed by atoms with van der Waals surface area (Å²) in [6.07, 6.45) is 5.08. The van der Waals surface area contributed by atoms with Gasteiger partial charge < -0.3 is 9.47 Å². The van der Waals surface area contributed by atoms with Gasteiger partial charge in [0.15, 0.2) is 0 Å². The molecule has 0 aromatic carbocycles. The first-order chi connectivity index (χ1) is 12.7. The van der Waals surface area contributed by atoms with Crippen LogP contribution in [0.1, 0.15) is 48.1 Å². The molecule has 26 heavy (non-hydrogen) atoms. The van der Waals surface area contributed by atoms with E-state index in [2.05, 4.69) is 26.7 Å². The molecule has 0 spiro atoms. The van der Waals surface area contributed by atoms with Crippen molar-refractivity contribution in [3.8, 4) is 0 Å². The number of hydrogen-bond donors (Lipinski definition) is 0. The lowest BCUT2D eigenvalue weighted by molar-refractivity contribution is -0.131. The smallest absolute Gasteiger partial charge is 0.227 e. The Morgan fingerprint density at radius 3 is 2.65 bits per heavy atom. The lowest BCUT2D eigenvalue weighted by atomic mass is 9.95. The lowest BCUT2D eigenvalue weighted by Crippen LogP contribution is -2.39. The minimum Gasteiger partial charge on any atom is -0.342 e. The highest BCUT2D eigenvalue weighted by Crippen LogP contribution is 2.27. The summed E-state index contributed by atoms with van der Waals surface area (Å²) >= 11 is 1.66. The van der Waals surface area contributed by atoms with E-state index < -0.39 is 0 Å². The number of likely N-dealkylation sites (tertiary alicyclic amines) is 2. The fourth-order valence-electron chi connectivity index (χ4n) is 4.07. The summed E-state index contributed by atoms with van der Waals surface area (Å²) in [6, 6.07) is 4.05. The Hall–Kier alpha value is -1.73. The topological polar surface area (TPSA) is 54.3 Å². The number of nitrogens with zero attached hydrogens (tertiary/aromatic N) is 5. The number of carbonyl (C=O) groups excluding carboxylic acids is 1. The maximum Gasteiger partial charge on any atom is 0.227 e. The molecule has 7 heteroatoms. The Labute approximate surface area is 158 Å². The van der Waals surface area contributed by atoms with Crippen LogP contribution in [0.15, 0.2) is 17.5 Å². The molecule has 0 unspecified atom stereocenters. The molecule has 2 aromatic rings. The number of aromatic nitrogens is 3. The first-order valence-electron chi connectivity index (χ1n) is 9.61. The number of rotatable bonds is 5. The van der Waals surface area contributed by atoms with Crippen molar-refractivity contribution < 1.29 is 4.79 Å². The molecule has 0 saturated carbocycles. The van der Waals surface area contributed by atoms with Crippen LogP contribution in [0, 0.1) is 0 Å². The van der Waals surface area contributed by atoms with Gasteiger partial charge in [0.05, 0.1) is 13.0 Å². The Bertz CT molecular complexity index is 727. The minimum absolute atomic E-state index is 0.249. The zero-order valence-corrected chi connectivity index (χ0v) is 16.2. The highest BCUT2D eigenvalue weighted by atomic mass is 32.1. The number of carbonyl (C=O) groups is 1. The number of amides is 1. The van der Waals surface area contributed by atoms with Crippen LogP contribution in [0.4, 0.5) is 0 Å². The first-order valence-corrected chi connectivity index (χ1v) is 10.5. The van der Waals surface area contributed by atoms with Crippen molar-refractivity contribution >= 4 is 17.2 Å². The Morgan fingerprint density at radius 2 is 1.96 bits per heavy atom. The second-order valence-electron chi connectivity index (χ2n) is 7.43. The van der Waals surface area contributed by atoms with Gasteiger partial charge in [0.1, 0.15) is 11.6 Å². The molecule has 140 valence electrons. The van der Waals surface area contributed by atoms with E-state index in [4.69, 9.17) is 0 Å². The van der Waals surface area contributed by atoms with Crippen LogP contribution in [-0.4, -0.2) is 56.7 Å². The molecular formula is C19H27N5OS. The van der Waals surface area contributed by atoms with Crippen LogP contribution in [-0.2, 0) is 24.8 Å². The molecule has 0 bridgehead atoms. The summed E-state index contributed by atoms with van der Waals surface area (Å²) < 4.78 is 2.19. The van der Waals surface area contributed by atoms with E-state index >= 15 is 0 Å². The van der Waals surface area contributed by atoms with E-state index in [1.165, 1.54) is 25.9 Å². The van der Waals surface area contributed by atoms with Crippen LogP contribution >= 0.6 is 11.3 Å². The van der Waals surface area contributed by atoms with E-state index in [0.29, 0.717) is 12.3 Å². The third-order valence-electron chi connectivity index (χ3n) is 5.68. The van der Waals surface area contributed by atoms with Gasteiger partial charge in [0, 0.05) is 30.9 Å². The first kappa shape index (κ1) is 17.7. The van der Waals surface area contributed by atoms with Crippen molar-refractivity contribution in [2.45, 2.75) is 44.6 Å². The third-order valence-corrected chi connectivity index (χ3v) is 6.56. The number of thiophene rings is 1. The standard InChI is InChI=1S/C19H27N5OS/c1-22-17(14-23-8-2-3-9-23)20-21-19(22)15-6-10-24(11-7-15)18(25)13-16-5-4-12-26-16/h4-5,12,15H,2-3,6-11,13-14H2,1H3. The van der Waals surface area contributed by atoms with Gasteiger partial charge in [-0.3, -0.25) is 9.69 Å². The fraction of sp³-hybridized carbons (Fsp3) is 0.632. The van der Waals surface area contributed by atoms with E-state index in [1.807, 2.05) is 22.4 Å². The quantitative estimate of drug-likeness (QED) is 0.808. The second kappa shape index (κ2) is 7.88. The predicted octanol–water partition coefficient (Wildman–Crippen LogP) is 2.42. The van der Waals surface area contributed by atoms with Crippen molar-refractivity contribution in [1.82, 2.24) is 24.6 Å². The van der Waals surface area contributed by atoms with Gasteiger partial charge >= 0.3 is 0 Å². The molecule has 0 atom stereocenters. The highest BCUT2D eigenvalue weighted by molar-refractivity contribution is 7.10. The largest absolute Gasteiger partial charge is 0.342 e. The van der Waals surface area contributed by atoms with Crippen molar-refractivity contribution in [2.75, 3.05) is 26.2 Å². The van der Waals surface area contributed by atoms with Gasteiger partial charge in [-0.15, -0.1) is 21.5 Å². The fourth-order valence-corrected chi connectivity index (χ4v) is 4.77. The third kappa shape index (κ3) is 3.83. The SMILES string of the molecule is Cn1c(CN2CCCC2)nnc1C1CCN(C(=O)Cc2cccs2)CC1. The zero-order chi connectivity index (χ0) is 17.9. The zero-order valence-electron chi connectivity index (χ0n) is 15.4. The van der Waals surface area contributed by atoms with Gasteiger partial charge in [-0.2, -0.15) is 0 Å². The summed E-state index contributed by atoms with van der Waals surface area (Å²) in [5.41, 5.74) is 0.